The topological polar surface area (TPSA) is 18.5 Å². The van der Waals surface area contributed by atoms with Crippen LogP contribution in [0.5, 0.6) is 11.5 Å². The van der Waals surface area contributed by atoms with Crippen molar-refractivity contribution < 1.29 is 9.47 Å². The quantitative estimate of drug-likeness (QED) is 0.702. The third-order valence-electron chi connectivity index (χ3n) is 1.55. The zero-order valence-corrected chi connectivity index (χ0v) is 9.25. The fourth-order valence-electron chi connectivity index (χ4n) is 1.07. The molecule has 0 spiro atoms. The zero-order chi connectivity index (χ0) is 10.4. The Morgan fingerprint density at radius 1 is 1.21 bits per heavy atom. The first-order valence-corrected chi connectivity index (χ1v) is 5.22. The predicted octanol–water partition coefficient (Wildman–Crippen LogP) is 3.09. The van der Waals surface area contributed by atoms with Gasteiger partial charge in [-0.05, 0) is 26.0 Å². The highest BCUT2D eigenvalue weighted by molar-refractivity contribution is 6.18. The molecule has 0 amide bonds. The summed E-state index contributed by atoms with van der Waals surface area (Å²) >= 11 is 5.54. The molecular formula is C11H15ClO2. The first-order valence-electron chi connectivity index (χ1n) is 4.68. The predicted molar refractivity (Wildman–Crippen MR) is 58.4 cm³/mol. The summed E-state index contributed by atoms with van der Waals surface area (Å²) in [5, 5.41) is 0. The minimum atomic E-state index is 0.149. The van der Waals surface area contributed by atoms with Crippen molar-refractivity contribution in [3.8, 4) is 11.5 Å². The van der Waals surface area contributed by atoms with Crippen LogP contribution in [0.1, 0.15) is 13.8 Å². The third-order valence-corrected chi connectivity index (χ3v) is 1.70. The van der Waals surface area contributed by atoms with Crippen molar-refractivity contribution in [2.24, 2.45) is 0 Å². The molecule has 0 aliphatic rings. The normalized spacial score (nSPS) is 10.3. The zero-order valence-electron chi connectivity index (χ0n) is 8.50. The summed E-state index contributed by atoms with van der Waals surface area (Å²) < 4.78 is 11.0. The number of rotatable bonds is 5. The Morgan fingerprint density at radius 3 is 2.43 bits per heavy atom. The third kappa shape index (κ3) is 3.46. The molecule has 0 aliphatic heterocycles. The van der Waals surface area contributed by atoms with Gasteiger partial charge >= 0.3 is 0 Å². The van der Waals surface area contributed by atoms with Crippen molar-refractivity contribution in [3.63, 3.8) is 0 Å². The lowest BCUT2D eigenvalue weighted by Crippen LogP contribution is -2.07. The molecule has 0 heterocycles. The minimum Gasteiger partial charge on any atom is -0.488 e. The van der Waals surface area contributed by atoms with Gasteiger partial charge in [0.15, 0.2) is 11.5 Å². The van der Waals surface area contributed by atoms with Gasteiger partial charge in [-0.15, -0.1) is 11.6 Å². The first kappa shape index (κ1) is 11.2. The largest absolute Gasteiger partial charge is 0.488 e. The van der Waals surface area contributed by atoms with E-state index in [2.05, 4.69) is 0 Å². The van der Waals surface area contributed by atoms with Gasteiger partial charge in [0.2, 0.25) is 0 Å². The number of hydrogen-bond acceptors (Lipinski definition) is 2. The molecule has 0 saturated heterocycles. The van der Waals surface area contributed by atoms with Crippen LogP contribution in [0.15, 0.2) is 24.3 Å². The van der Waals surface area contributed by atoms with Gasteiger partial charge in [0.05, 0.1) is 12.0 Å². The van der Waals surface area contributed by atoms with E-state index in [0.29, 0.717) is 12.5 Å². The lowest BCUT2D eigenvalue weighted by atomic mass is 10.3. The molecule has 1 aromatic carbocycles. The number of halogens is 1. The van der Waals surface area contributed by atoms with E-state index >= 15 is 0 Å². The molecule has 0 aromatic heterocycles. The van der Waals surface area contributed by atoms with E-state index in [-0.39, 0.29) is 6.10 Å². The molecule has 0 radical (unpaired) electrons. The average Bonchev–Trinajstić information content (AvgIpc) is 2.16. The van der Waals surface area contributed by atoms with Crippen molar-refractivity contribution in [3.05, 3.63) is 24.3 Å². The SMILES string of the molecule is CC(C)Oc1ccccc1OCCCl. The van der Waals surface area contributed by atoms with Gasteiger partial charge in [-0.3, -0.25) is 0 Å². The van der Waals surface area contributed by atoms with Crippen LogP contribution in [0, 0.1) is 0 Å². The van der Waals surface area contributed by atoms with Crippen molar-refractivity contribution in [2.45, 2.75) is 20.0 Å². The van der Waals surface area contributed by atoms with Crippen molar-refractivity contribution in [1.82, 2.24) is 0 Å². The van der Waals surface area contributed by atoms with E-state index in [1.807, 2.05) is 38.1 Å². The van der Waals surface area contributed by atoms with Crippen LogP contribution in [-0.4, -0.2) is 18.6 Å². The second kappa shape index (κ2) is 5.76. The molecule has 0 unspecified atom stereocenters. The van der Waals surface area contributed by atoms with Gasteiger partial charge in [0.25, 0.3) is 0 Å². The Labute approximate surface area is 89.8 Å². The van der Waals surface area contributed by atoms with E-state index in [1.165, 1.54) is 0 Å². The highest BCUT2D eigenvalue weighted by Gasteiger charge is 2.04. The molecule has 2 nitrogen and oxygen atoms in total. The number of para-hydroxylation sites is 2. The van der Waals surface area contributed by atoms with Gasteiger partial charge in [0, 0.05) is 0 Å². The second-order valence-electron chi connectivity index (χ2n) is 3.15. The minimum absolute atomic E-state index is 0.149. The fraction of sp³-hybridized carbons (Fsp3) is 0.455. The molecule has 0 fully saturated rings. The van der Waals surface area contributed by atoms with Crippen LogP contribution >= 0.6 is 11.6 Å². The van der Waals surface area contributed by atoms with Gasteiger partial charge < -0.3 is 9.47 Å². The lowest BCUT2D eigenvalue weighted by Gasteiger charge is -2.13. The summed E-state index contributed by atoms with van der Waals surface area (Å²) in [6.07, 6.45) is 0.149. The summed E-state index contributed by atoms with van der Waals surface area (Å²) in [4.78, 5) is 0. The van der Waals surface area contributed by atoms with E-state index in [4.69, 9.17) is 21.1 Å². The van der Waals surface area contributed by atoms with Gasteiger partial charge in [0.1, 0.15) is 6.61 Å². The molecular weight excluding hydrogens is 200 g/mol. The number of hydrogen-bond donors (Lipinski definition) is 0. The first-order chi connectivity index (χ1) is 6.74. The van der Waals surface area contributed by atoms with Gasteiger partial charge in [-0.25, -0.2) is 0 Å². The van der Waals surface area contributed by atoms with E-state index in [9.17, 15) is 0 Å². The molecule has 0 saturated carbocycles. The summed E-state index contributed by atoms with van der Waals surface area (Å²) in [5.74, 6) is 2.00. The second-order valence-corrected chi connectivity index (χ2v) is 3.53. The summed E-state index contributed by atoms with van der Waals surface area (Å²) in [7, 11) is 0. The maximum atomic E-state index is 5.57. The molecule has 14 heavy (non-hydrogen) atoms. The molecule has 0 bridgehead atoms. The summed E-state index contributed by atoms with van der Waals surface area (Å²) in [6.45, 7) is 4.47. The van der Waals surface area contributed by atoms with Crippen LogP contribution in [0.4, 0.5) is 0 Å². The molecule has 0 N–H and O–H groups in total. The lowest BCUT2D eigenvalue weighted by molar-refractivity contribution is 0.224. The number of benzene rings is 1. The maximum absolute atomic E-state index is 5.57. The average molecular weight is 215 g/mol. The summed E-state index contributed by atoms with van der Waals surface area (Å²) in [6, 6.07) is 7.61. The van der Waals surface area contributed by atoms with Gasteiger partial charge in [-0.1, -0.05) is 12.1 Å². The molecule has 3 heteroatoms. The molecule has 78 valence electrons. The van der Waals surface area contributed by atoms with Crippen LogP contribution in [0.2, 0.25) is 0 Å². The fourth-order valence-corrected chi connectivity index (χ4v) is 1.15. The highest BCUT2D eigenvalue weighted by atomic mass is 35.5. The Balaban J connectivity index is 2.69. The molecule has 1 rings (SSSR count). The Bertz CT molecular complexity index is 274. The van der Waals surface area contributed by atoms with E-state index in [1.54, 1.807) is 0 Å². The summed E-state index contributed by atoms with van der Waals surface area (Å²) in [5.41, 5.74) is 0. The monoisotopic (exact) mass is 214 g/mol. The number of alkyl halides is 1. The Kier molecular flexibility index (Phi) is 4.60. The maximum Gasteiger partial charge on any atom is 0.161 e. The van der Waals surface area contributed by atoms with Crippen LogP contribution < -0.4 is 9.47 Å². The van der Waals surface area contributed by atoms with E-state index in [0.717, 1.165) is 11.5 Å². The van der Waals surface area contributed by atoms with Crippen molar-refractivity contribution >= 4 is 11.6 Å². The van der Waals surface area contributed by atoms with Crippen LogP contribution in [-0.2, 0) is 0 Å². The van der Waals surface area contributed by atoms with Crippen molar-refractivity contribution in [1.29, 1.82) is 0 Å². The molecule has 1 aromatic rings. The standard InChI is InChI=1S/C11H15ClO2/c1-9(2)14-11-6-4-3-5-10(11)13-8-7-12/h3-6,9H,7-8H2,1-2H3. The Hall–Kier alpha value is -0.890. The smallest absolute Gasteiger partial charge is 0.161 e. The van der Waals surface area contributed by atoms with Gasteiger partial charge in [-0.2, -0.15) is 0 Å². The van der Waals surface area contributed by atoms with Crippen LogP contribution in [0.3, 0.4) is 0 Å². The Morgan fingerprint density at radius 2 is 1.86 bits per heavy atom. The van der Waals surface area contributed by atoms with E-state index < -0.39 is 0 Å². The molecule has 0 aliphatic carbocycles. The highest BCUT2D eigenvalue weighted by Crippen LogP contribution is 2.27. The number of ether oxygens (including phenoxy) is 2. The van der Waals surface area contributed by atoms with Crippen LogP contribution in [0.25, 0.3) is 0 Å². The molecule has 0 atom stereocenters. The van der Waals surface area contributed by atoms with Crippen molar-refractivity contribution in [2.75, 3.05) is 12.5 Å².